The highest BCUT2D eigenvalue weighted by molar-refractivity contribution is 7.50. The third kappa shape index (κ3) is 5.81. The van der Waals surface area contributed by atoms with Crippen molar-refractivity contribution in [3.63, 3.8) is 0 Å². The van der Waals surface area contributed by atoms with Crippen molar-refractivity contribution >= 4 is 13.5 Å². The minimum atomic E-state index is -4.76. The number of aliphatic hydroxyl groups is 3. The van der Waals surface area contributed by atoms with E-state index >= 15 is 0 Å². The van der Waals surface area contributed by atoms with Crippen LogP contribution in [0.3, 0.4) is 0 Å². The maximum atomic E-state index is 11.1. The molecule has 0 spiro atoms. The van der Waals surface area contributed by atoms with Gasteiger partial charge in [-0.05, 0) is 48.8 Å². The van der Waals surface area contributed by atoms with Gasteiger partial charge in [-0.3, -0.25) is 0 Å². The summed E-state index contributed by atoms with van der Waals surface area (Å²) in [5.74, 6) is -3.79. The molecule has 1 aliphatic carbocycles. The molecule has 6 N–H and O–H groups in total. The summed E-state index contributed by atoms with van der Waals surface area (Å²) in [5.41, 5.74) is 0.579. The number of aliphatic hydroxyl groups excluding tert-OH is 1. The van der Waals surface area contributed by atoms with Crippen LogP contribution in [0.25, 0.3) is 0 Å². The highest BCUT2D eigenvalue weighted by atomic mass is 31.2. The fourth-order valence-electron chi connectivity index (χ4n) is 2.62. The molecule has 0 aliphatic heterocycles. The fraction of sp³-hybridized carbons (Fsp3) is 0.312. The van der Waals surface area contributed by atoms with Crippen LogP contribution in [0.15, 0.2) is 53.0 Å². The Morgan fingerprint density at radius 2 is 1.88 bits per heavy atom. The second-order valence-corrected chi connectivity index (χ2v) is 7.07. The highest BCUT2D eigenvalue weighted by Gasteiger charge is 2.38. The number of aryl methyl sites for hydroxylation is 1. The van der Waals surface area contributed by atoms with Crippen molar-refractivity contribution in [1.82, 2.24) is 0 Å². The molecule has 1 aliphatic rings. The van der Waals surface area contributed by atoms with Gasteiger partial charge in [-0.1, -0.05) is 12.1 Å². The SMILES string of the molecule is O=P(O)(O)N=C1C=CC(O)=CC1C(O)(O)CCCc1cccc(O)c1. The molecule has 0 radical (unpaired) electrons. The van der Waals surface area contributed by atoms with Crippen LogP contribution in [0.2, 0.25) is 0 Å². The lowest BCUT2D eigenvalue weighted by Crippen LogP contribution is -2.42. The van der Waals surface area contributed by atoms with Crippen LogP contribution in [0.4, 0.5) is 0 Å². The molecule has 1 unspecified atom stereocenters. The number of phenolic OH excluding ortho intramolecular Hbond substituents is 1. The molecule has 1 atom stereocenters. The molecule has 1 aromatic carbocycles. The van der Waals surface area contributed by atoms with E-state index in [1.165, 1.54) is 6.07 Å². The van der Waals surface area contributed by atoms with Gasteiger partial charge < -0.3 is 30.2 Å². The molecule has 0 saturated heterocycles. The van der Waals surface area contributed by atoms with Gasteiger partial charge in [0.15, 0.2) is 5.79 Å². The zero-order chi connectivity index (χ0) is 18.7. The smallest absolute Gasteiger partial charge is 0.448 e. The van der Waals surface area contributed by atoms with Crippen LogP contribution in [0.1, 0.15) is 18.4 Å². The summed E-state index contributed by atoms with van der Waals surface area (Å²) in [5, 5.41) is 39.7. The van der Waals surface area contributed by atoms with Crippen molar-refractivity contribution < 1.29 is 34.8 Å². The van der Waals surface area contributed by atoms with Crippen LogP contribution in [0.5, 0.6) is 5.75 Å². The topological polar surface area (TPSA) is 151 Å². The molecule has 25 heavy (non-hydrogen) atoms. The van der Waals surface area contributed by atoms with Gasteiger partial charge in [0.25, 0.3) is 0 Å². The Morgan fingerprint density at radius 3 is 2.52 bits per heavy atom. The molecule has 0 heterocycles. The van der Waals surface area contributed by atoms with Gasteiger partial charge in [-0.25, -0.2) is 4.57 Å². The zero-order valence-corrected chi connectivity index (χ0v) is 14.1. The zero-order valence-electron chi connectivity index (χ0n) is 13.2. The Bertz CT molecular complexity index is 764. The van der Waals surface area contributed by atoms with E-state index in [0.29, 0.717) is 12.8 Å². The monoisotopic (exact) mass is 369 g/mol. The van der Waals surface area contributed by atoms with E-state index in [9.17, 15) is 25.0 Å². The maximum Gasteiger partial charge on any atom is 0.448 e. The summed E-state index contributed by atoms with van der Waals surface area (Å²) in [7, 11) is -4.76. The van der Waals surface area contributed by atoms with Gasteiger partial charge >= 0.3 is 7.75 Å². The second kappa shape index (κ2) is 7.51. The normalized spacial score (nSPS) is 19.9. The standard InChI is InChI=1S/C16H20NO7P/c18-12-5-1-3-11(9-12)4-2-8-16(20,21)14-10-13(19)6-7-15(14)17-25(22,23)24/h1,3,5-7,9-10,14,18-21H,2,4,8H2,(H2,22,23,24). The minimum Gasteiger partial charge on any atom is -0.508 e. The van der Waals surface area contributed by atoms with Crippen molar-refractivity contribution in [2.24, 2.45) is 10.7 Å². The van der Waals surface area contributed by atoms with Crippen LogP contribution < -0.4 is 0 Å². The first-order chi connectivity index (χ1) is 11.6. The molecule has 0 amide bonds. The Balaban J connectivity index is 2.11. The van der Waals surface area contributed by atoms with E-state index in [0.717, 1.165) is 23.8 Å². The van der Waals surface area contributed by atoms with Gasteiger partial charge in [0.1, 0.15) is 11.5 Å². The Morgan fingerprint density at radius 1 is 1.16 bits per heavy atom. The molecule has 0 bridgehead atoms. The number of allylic oxidation sites excluding steroid dienone is 2. The molecule has 2 rings (SSSR count). The average molecular weight is 369 g/mol. The van der Waals surface area contributed by atoms with Crippen LogP contribution in [-0.2, 0) is 11.0 Å². The average Bonchev–Trinajstić information content (AvgIpc) is 2.47. The first-order valence-corrected chi connectivity index (χ1v) is 9.10. The van der Waals surface area contributed by atoms with Crippen molar-refractivity contribution in [1.29, 1.82) is 0 Å². The summed E-state index contributed by atoms with van der Waals surface area (Å²) < 4.78 is 14.3. The Labute approximate surface area is 144 Å². The molecule has 136 valence electrons. The predicted octanol–water partition coefficient (Wildman–Crippen LogP) is 1.56. The number of rotatable bonds is 6. The number of hydrogen-bond donors (Lipinski definition) is 6. The first-order valence-electron chi connectivity index (χ1n) is 7.54. The van der Waals surface area contributed by atoms with Crippen LogP contribution in [-0.4, -0.2) is 41.7 Å². The Kier molecular flexibility index (Phi) is 5.82. The molecular formula is C16H20NO7P. The largest absolute Gasteiger partial charge is 0.508 e. The lowest BCUT2D eigenvalue weighted by Gasteiger charge is -2.31. The number of benzene rings is 1. The highest BCUT2D eigenvalue weighted by Crippen LogP contribution is 2.39. The van der Waals surface area contributed by atoms with Crippen molar-refractivity contribution in [3.05, 3.63) is 53.8 Å². The third-order valence-corrected chi connectivity index (χ3v) is 4.24. The number of aromatic hydroxyl groups is 1. The molecule has 9 heteroatoms. The van der Waals surface area contributed by atoms with E-state index in [-0.39, 0.29) is 23.6 Å². The first kappa shape index (κ1) is 19.4. The van der Waals surface area contributed by atoms with Crippen molar-refractivity contribution in [3.8, 4) is 5.75 Å². The van der Waals surface area contributed by atoms with Crippen molar-refractivity contribution in [2.75, 3.05) is 0 Å². The Hall–Kier alpha value is -1.96. The molecule has 8 nitrogen and oxygen atoms in total. The van der Waals surface area contributed by atoms with Crippen molar-refractivity contribution in [2.45, 2.75) is 25.0 Å². The third-order valence-electron chi connectivity index (χ3n) is 3.75. The van der Waals surface area contributed by atoms with Gasteiger partial charge in [-0.2, -0.15) is 4.76 Å². The van der Waals surface area contributed by atoms with Gasteiger partial charge in [-0.15, -0.1) is 0 Å². The summed E-state index contributed by atoms with van der Waals surface area (Å²) >= 11 is 0. The summed E-state index contributed by atoms with van der Waals surface area (Å²) in [6.45, 7) is 0. The minimum absolute atomic E-state index is 0.109. The van der Waals surface area contributed by atoms with E-state index in [1.54, 1.807) is 18.2 Å². The molecule has 0 fully saturated rings. The number of phenols is 1. The van der Waals surface area contributed by atoms with E-state index in [4.69, 9.17) is 9.79 Å². The van der Waals surface area contributed by atoms with E-state index in [2.05, 4.69) is 4.76 Å². The molecular weight excluding hydrogens is 349 g/mol. The van der Waals surface area contributed by atoms with E-state index < -0.39 is 19.5 Å². The number of nitrogens with zero attached hydrogens (tertiary/aromatic N) is 1. The van der Waals surface area contributed by atoms with E-state index in [1.807, 2.05) is 0 Å². The second-order valence-electron chi connectivity index (χ2n) is 5.84. The maximum absolute atomic E-state index is 11.1. The predicted molar refractivity (Wildman–Crippen MR) is 91.0 cm³/mol. The number of hydrogen-bond acceptors (Lipinski definition) is 5. The fourth-order valence-corrected chi connectivity index (χ4v) is 3.11. The van der Waals surface area contributed by atoms with Gasteiger partial charge in [0.05, 0.1) is 11.6 Å². The van der Waals surface area contributed by atoms with Crippen LogP contribution >= 0.6 is 7.75 Å². The van der Waals surface area contributed by atoms with Gasteiger partial charge in [0.2, 0.25) is 0 Å². The summed E-state index contributed by atoms with van der Waals surface area (Å²) in [6.07, 6.45) is 4.03. The molecule has 0 saturated carbocycles. The quantitative estimate of drug-likeness (QED) is 0.329. The van der Waals surface area contributed by atoms with Crippen LogP contribution in [0, 0.1) is 5.92 Å². The molecule has 1 aromatic rings. The molecule has 0 aromatic heterocycles. The summed E-state index contributed by atoms with van der Waals surface area (Å²) in [4.78, 5) is 18.0. The van der Waals surface area contributed by atoms with Gasteiger partial charge in [0, 0.05) is 6.42 Å². The summed E-state index contributed by atoms with van der Waals surface area (Å²) in [6, 6.07) is 6.55. The lowest BCUT2D eigenvalue weighted by molar-refractivity contribution is -0.179. The lowest BCUT2D eigenvalue weighted by atomic mass is 9.86.